The number of aromatic nitrogens is 5. The quantitative estimate of drug-likeness (QED) is 0.193. The Balaban J connectivity index is 0.000000688. The number of fused-ring (bicyclic) bond motifs is 1. The molecule has 2 aliphatic rings. The molecule has 0 amide bonds. The first kappa shape index (κ1) is 38.0. The molecule has 1 unspecified atom stereocenters. The number of benzene rings is 1. The Morgan fingerprint density at radius 1 is 0.979 bits per heavy atom. The largest absolute Gasteiger partial charge is 0.496 e. The molecule has 5 heterocycles. The third-order valence-electron chi connectivity index (χ3n) is 8.27. The second-order valence-electron chi connectivity index (χ2n) is 12.0. The van der Waals surface area contributed by atoms with Crippen LogP contribution in [0.2, 0.25) is 0 Å². The molecule has 0 spiro atoms. The summed E-state index contributed by atoms with van der Waals surface area (Å²) in [6.07, 6.45) is 10.2. The average molecular weight is 708 g/mol. The van der Waals surface area contributed by atoms with Crippen molar-refractivity contribution in [3.8, 4) is 0 Å². The standard InChI is InChI=1S/C29H32BFN6O2.C3H5Br.2C2H6/c1-19(20-6-8-24(31)9-7-20)22-15-32-26(33-16-22)21-10-12-36(13-11-21)27-25-14-23(17-37(25)35-18-34-27)30-38-28(2,3)29(4,5)39-30;1-3(2)4;2*1-2/h6-10,14-19H,11-13H2,1-5H3;1H2,2H3;2*1-2H3. The van der Waals surface area contributed by atoms with E-state index in [2.05, 4.69) is 94.2 Å². The summed E-state index contributed by atoms with van der Waals surface area (Å²) in [5.74, 6) is 1.45. The van der Waals surface area contributed by atoms with Crippen LogP contribution in [0, 0.1) is 5.82 Å². The highest BCUT2D eigenvalue weighted by molar-refractivity contribution is 9.11. The minimum Gasteiger partial charge on any atom is -0.399 e. The molecule has 3 aromatic heterocycles. The molecule has 0 saturated carbocycles. The molecule has 4 aromatic rings. The van der Waals surface area contributed by atoms with Crippen molar-refractivity contribution in [2.75, 3.05) is 18.0 Å². The van der Waals surface area contributed by atoms with Crippen molar-refractivity contribution in [2.24, 2.45) is 0 Å². The lowest BCUT2D eigenvalue weighted by atomic mass is 9.81. The second-order valence-corrected chi connectivity index (χ2v) is 13.3. The lowest BCUT2D eigenvalue weighted by Gasteiger charge is -2.32. The van der Waals surface area contributed by atoms with E-state index in [0.717, 1.165) is 56.8 Å². The van der Waals surface area contributed by atoms with E-state index >= 15 is 0 Å². The third-order valence-corrected chi connectivity index (χ3v) is 8.27. The van der Waals surface area contributed by atoms with Crippen molar-refractivity contribution < 1.29 is 13.7 Å². The van der Waals surface area contributed by atoms with Gasteiger partial charge in [-0.15, -0.1) is 0 Å². The van der Waals surface area contributed by atoms with Crippen LogP contribution in [-0.2, 0) is 9.31 Å². The van der Waals surface area contributed by atoms with Crippen molar-refractivity contribution in [2.45, 2.75) is 92.8 Å². The Morgan fingerprint density at radius 3 is 2.09 bits per heavy atom. The number of halogens is 2. The van der Waals surface area contributed by atoms with Crippen molar-refractivity contribution in [3.05, 3.63) is 95.2 Å². The molecule has 1 atom stereocenters. The Hall–Kier alpha value is -3.41. The first-order valence-corrected chi connectivity index (χ1v) is 17.2. The zero-order valence-electron chi connectivity index (χ0n) is 29.5. The first-order valence-electron chi connectivity index (χ1n) is 16.4. The van der Waals surface area contributed by atoms with Gasteiger partial charge in [-0.2, -0.15) is 5.10 Å². The van der Waals surface area contributed by atoms with Gasteiger partial charge in [0.1, 0.15) is 17.7 Å². The predicted octanol–water partition coefficient (Wildman–Crippen LogP) is 8.37. The van der Waals surface area contributed by atoms with E-state index in [0.29, 0.717) is 6.54 Å². The van der Waals surface area contributed by atoms with Crippen LogP contribution in [0.15, 0.2) is 72.4 Å². The van der Waals surface area contributed by atoms with Crippen LogP contribution in [0.1, 0.15) is 98.5 Å². The summed E-state index contributed by atoms with van der Waals surface area (Å²) in [6.45, 7) is 25.1. The second kappa shape index (κ2) is 16.6. The molecule has 1 fully saturated rings. The fraction of sp³-hybridized carbons (Fsp3) is 0.444. The minimum atomic E-state index is -0.455. The predicted molar refractivity (Wildman–Crippen MR) is 196 cm³/mol. The van der Waals surface area contributed by atoms with E-state index < -0.39 is 18.3 Å². The molecule has 47 heavy (non-hydrogen) atoms. The molecular weight excluding hydrogens is 658 g/mol. The molecule has 0 aliphatic carbocycles. The van der Waals surface area contributed by atoms with Crippen LogP contribution in [0.4, 0.5) is 10.2 Å². The van der Waals surface area contributed by atoms with Gasteiger partial charge in [0.25, 0.3) is 0 Å². The van der Waals surface area contributed by atoms with E-state index in [1.807, 2.05) is 57.7 Å². The van der Waals surface area contributed by atoms with Crippen molar-refractivity contribution in [3.63, 3.8) is 0 Å². The van der Waals surface area contributed by atoms with Gasteiger partial charge < -0.3 is 14.2 Å². The zero-order valence-corrected chi connectivity index (χ0v) is 31.1. The molecule has 1 aromatic carbocycles. The van der Waals surface area contributed by atoms with Crippen molar-refractivity contribution >= 4 is 45.4 Å². The number of hydrogen-bond acceptors (Lipinski definition) is 7. The third kappa shape index (κ3) is 9.15. The van der Waals surface area contributed by atoms with E-state index in [9.17, 15) is 4.39 Å². The summed E-state index contributed by atoms with van der Waals surface area (Å²) in [7, 11) is -0.455. The maximum atomic E-state index is 13.3. The van der Waals surface area contributed by atoms with Crippen LogP contribution in [0.3, 0.4) is 0 Å². The van der Waals surface area contributed by atoms with Gasteiger partial charge in [0, 0.05) is 43.1 Å². The maximum absolute atomic E-state index is 13.3. The lowest BCUT2D eigenvalue weighted by molar-refractivity contribution is 0.00578. The summed E-state index contributed by atoms with van der Waals surface area (Å²) in [6, 6.07) is 8.63. The van der Waals surface area contributed by atoms with Crippen LogP contribution < -0.4 is 10.4 Å². The van der Waals surface area contributed by atoms with Gasteiger partial charge in [-0.3, -0.25) is 0 Å². The summed E-state index contributed by atoms with van der Waals surface area (Å²) in [4.78, 5) is 16.2. The number of nitrogens with zero attached hydrogens (tertiary/aromatic N) is 6. The summed E-state index contributed by atoms with van der Waals surface area (Å²) >= 11 is 3.08. The smallest absolute Gasteiger partial charge is 0.399 e. The van der Waals surface area contributed by atoms with Crippen molar-refractivity contribution in [1.29, 1.82) is 0 Å². The first-order chi connectivity index (χ1) is 22.3. The fourth-order valence-corrected chi connectivity index (χ4v) is 5.02. The Labute approximate surface area is 288 Å². The fourth-order valence-electron chi connectivity index (χ4n) is 5.02. The van der Waals surface area contributed by atoms with Gasteiger partial charge in [-0.25, -0.2) is 23.9 Å². The van der Waals surface area contributed by atoms with E-state index in [1.165, 1.54) is 12.1 Å². The number of allylic oxidation sites excluding steroid dienone is 1. The topological polar surface area (TPSA) is 77.7 Å². The highest BCUT2D eigenvalue weighted by Gasteiger charge is 2.52. The number of rotatable bonds is 5. The Morgan fingerprint density at radius 2 is 1.55 bits per heavy atom. The zero-order chi connectivity index (χ0) is 34.9. The molecule has 2 aliphatic heterocycles. The lowest BCUT2D eigenvalue weighted by Crippen LogP contribution is -2.41. The van der Waals surface area contributed by atoms with Crippen LogP contribution in [0.25, 0.3) is 11.1 Å². The number of anilines is 1. The maximum Gasteiger partial charge on any atom is 0.496 e. The molecule has 0 bridgehead atoms. The molecule has 0 radical (unpaired) electrons. The normalized spacial score (nSPS) is 16.9. The highest BCUT2D eigenvalue weighted by Crippen LogP contribution is 2.37. The highest BCUT2D eigenvalue weighted by atomic mass is 79.9. The van der Waals surface area contributed by atoms with Gasteiger partial charge in [-0.05, 0) is 80.4 Å². The van der Waals surface area contributed by atoms with Crippen molar-refractivity contribution in [1.82, 2.24) is 24.6 Å². The van der Waals surface area contributed by atoms with E-state index in [1.54, 1.807) is 18.5 Å². The van der Waals surface area contributed by atoms with Gasteiger partial charge in [0.2, 0.25) is 0 Å². The molecule has 11 heteroatoms. The Bertz CT molecular complexity index is 1620. The molecule has 252 valence electrons. The summed E-state index contributed by atoms with van der Waals surface area (Å²) < 4.78 is 28.6. The molecular formula is C36H49BBrFN6O2. The summed E-state index contributed by atoms with van der Waals surface area (Å²) in [5, 5.41) is 4.43. The van der Waals surface area contributed by atoms with Crippen LogP contribution in [-0.4, -0.2) is 56.0 Å². The molecule has 1 saturated heterocycles. The average Bonchev–Trinajstić information content (AvgIpc) is 3.60. The summed E-state index contributed by atoms with van der Waals surface area (Å²) in [5.41, 5.74) is 4.16. The molecule has 0 N–H and O–H groups in total. The minimum absolute atomic E-state index is 0.0831. The monoisotopic (exact) mass is 706 g/mol. The molecule has 6 rings (SSSR count). The van der Waals surface area contributed by atoms with Crippen LogP contribution in [0.5, 0.6) is 0 Å². The number of hydrogen-bond donors (Lipinski definition) is 0. The van der Waals surface area contributed by atoms with Crippen LogP contribution >= 0.6 is 15.9 Å². The van der Waals surface area contributed by atoms with Gasteiger partial charge in [-0.1, -0.05) is 75.3 Å². The van der Waals surface area contributed by atoms with E-state index in [4.69, 9.17) is 9.31 Å². The molecule has 8 nitrogen and oxygen atoms in total. The SMILES string of the molecule is C=C(C)Br.CC.CC.CC(c1ccc(F)cc1)c1cnc(C2=CCN(c3ncnn4cc(B5OC(C)(C)C(C)(C)O5)cc34)CC2)nc1. The Kier molecular flexibility index (Phi) is 13.5. The van der Waals surface area contributed by atoms with Gasteiger partial charge in [0.05, 0.1) is 11.2 Å². The van der Waals surface area contributed by atoms with E-state index in [-0.39, 0.29) is 11.7 Å². The van der Waals surface area contributed by atoms with Gasteiger partial charge >= 0.3 is 7.12 Å². The van der Waals surface area contributed by atoms with Gasteiger partial charge in [0.15, 0.2) is 11.6 Å².